The highest BCUT2D eigenvalue weighted by Crippen LogP contribution is 2.35. The molecule has 0 bridgehead atoms. The monoisotopic (exact) mass is 304 g/mol. The molecule has 0 radical (unpaired) electrons. The number of aliphatic hydroxyl groups excluding tert-OH is 1. The van der Waals surface area contributed by atoms with Crippen molar-refractivity contribution in [2.75, 3.05) is 0 Å². The number of rotatable bonds is 3. The van der Waals surface area contributed by atoms with Crippen molar-refractivity contribution in [1.82, 2.24) is 0 Å². The molecule has 112 valence electrons. The number of hydrogen-bond acceptors (Lipinski definition) is 2. The molecule has 2 nitrogen and oxygen atoms in total. The fourth-order valence-electron chi connectivity index (χ4n) is 1.64. The van der Waals surface area contributed by atoms with E-state index in [1.807, 2.05) is 0 Å². The minimum Gasteiger partial charge on any atom is -0.454 e. The van der Waals surface area contributed by atoms with Crippen LogP contribution >= 0.6 is 0 Å². The fraction of sp³-hybridized carbons (Fsp3) is 0.143. The van der Waals surface area contributed by atoms with Gasteiger partial charge in [0.05, 0.1) is 12.2 Å². The molecule has 0 aliphatic heterocycles. The van der Waals surface area contributed by atoms with Gasteiger partial charge in [0.15, 0.2) is 11.6 Å². The Hall–Kier alpha value is -2.15. The van der Waals surface area contributed by atoms with Crippen molar-refractivity contribution in [3.05, 3.63) is 59.2 Å². The van der Waals surface area contributed by atoms with E-state index >= 15 is 0 Å². The predicted molar refractivity (Wildman–Crippen MR) is 63.8 cm³/mol. The molecular formula is C14H9F5O2. The SMILES string of the molecule is OCc1ccc(Oc2ccc(F)c(C(F)(F)F)c2)c(F)c1. The third-order valence-electron chi connectivity index (χ3n) is 2.65. The molecule has 0 aliphatic carbocycles. The van der Waals surface area contributed by atoms with Crippen LogP contribution in [0.15, 0.2) is 36.4 Å². The smallest absolute Gasteiger partial charge is 0.419 e. The van der Waals surface area contributed by atoms with E-state index in [0.717, 1.165) is 18.2 Å². The van der Waals surface area contributed by atoms with Gasteiger partial charge in [-0.1, -0.05) is 6.07 Å². The first-order valence-electron chi connectivity index (χ1n) is 5.75. The minimum absolute atomic E-state index is 0.287. The molecule has 0 amide bonds. The molecule has 21 heavy (non-hydrogen) atoms. The van der Waals surface area contributed by atoms with E-state index in [0.29, 0.717) is 12.1 Å². The summed E-state index contributed by atoms with van der Waals surface area (Å²) in [6.07, 6.45) is -4.87. The molecule has 0 fully saturated rings. The molecule has 0 atom stereocenters. The van der Waals surface area contributed by atoms with Crippen molar-refractivity contribution in [2.24, 2.45) is 0 Å². The average Bonchev–Trinajstić information content (AvgIpc) is 2.41. The Morgan fingerprint density at radius 3 is 2.24 bits per heavy atom. The Bertz CT molecular complexity index is 652. The number of aliphatic hydroxyl groups is 1. The first kappa shape index (κ1) is 15.2. The third-order valence-corrected chi connectivity index (χ3v) is 2.65. The summed E-state index contributed by atoms with van der Waals surface area (Å²) in [5.74, 6) is -2.96. The minimum atomic E-state index is -4.87. The summed E-state index contributed by atoms with van der Waals surface area (Å²) in [6, 6.07) is 5.52. The molecule has 0 saturated heterocycles. The maximum atomic E-state index is 13.6. The highest BCUT2D eigenvalue weighted by atomic mass is 19.4. The van der Waals surface area contributed by atoms with Crippen LogP contribution in [0.25, 0.3) is 0 Å². The van der Waals surface area contributed by atoms with Gasteiger partial charge < -0.3 is 9.84 Å². The van der Waals surface area contributed by atoms with Gasteiger partial charge in [0.25, 0.3) is 0 Å². The predicted octanol–water partition coefficient (Wildman–Crippen LogP) is 4.27. The van der Waals surface area contributed by atoms with Gasteiger partial charge in [-0.25, -0.2) is 8.78 Å². The number of hydrogen-bond donors (Lipinski definition) is 1. The lowest BCUT2D eigenvalue weighted by Gasteiger charge is -2.11. The summed E-state index contributed by atoms with van der Waals surface area (Å²) in [5, 5.41) is 8.82. The van der Waals surface area contributed by atoms with Crippen molar-refractivity contribution in [2.45, 2.75) is 12.8 Å². The van der Waals surface area contributed by atoms with Crippen molar-refractivity contribution in [3.8, 4) is 11.5 Å². The molecule has 1 N–H and O–H groups in total. The Morgan fingerprint density at radius 1 is 0.952 bits per heavy atom. The van der Waals surface area contributed by atoms with E-state index in [1.165, 1.54) is 6.07 Å². The van der Waals surface area contributed by atoms with Crippen LogP contribution in [0.3, 0.4) is 0 Å². The van der Waals surface area contributed by atoms with Crippen LogP contribution in [0.5, 0.6) is 11.5 Å². The molecule has 0 aromatic heterocycles. The van der Waals surface area contributed by atoms with E-state index in [9.17, 15) is 22.0 Å². The quantitative estimate of drug-likeness (QED) is 0.858. The van der Waals surface area contributed by atoms with Gasteiger partial charge in [-0.2, -0.15) is 13.2 Å². The third kappa shape index (κ3) is 3.49. The zero-order valence-corrected chi connectivity index (χ0v) is 10.4. The Kier molecular flexibility index (Phi) is 4.13. The summed E-state index contributed by atoms with van der Waals surface area (Å²) >= 11 is 0. The van der Waals surface area contributed by atoms with Crippen molar-refractivity contribution < 1.29 is 31.8 Å². The molecular weight excluding hydrogens is 295 g/mol. The Balaban J connectivity index is 2.32. The molecule has 0 spiro atoms. The first-order chi connectivity index (χ1) is 9.81. The normalized spacial score (nSPS) is 11.5. The molecule has 0 heterocycles. The van der Waals surface area contributed by atoms with E-state index in [-0.39, 0.29) is 23.7 Å². The highest BCUT2D eigenvalue weighted by molar-refractivity contribution is 5.37. The molecule has 7 heteroatoms. The number of ether oxygens (including phenoxy) is 1. The number of alkyl halides is 3. The van der Waals surface area contributed by atoms with Crippen LogP contribution in [0.4, 0.5) is 22.0 Å². The molecule has 0 saturated carbocycles. The van der Waals surface area contributed by atoms with Crippen LogP contribution in [-0.4, -0.2) is 5.11 Å². The van der Waals surface area contributed by atoms with Gasteiger partial charge in [-0.3, -0.25) is 0 Å². The second kappa shape index (κ2) is 5.69. The summed E-state index contributed by atoms with van der Waals surface area (Å²) < 4.78 is 69.3. The van der Waals surface area contributed by atoms with Crippen molar-refractivity contribution in [3.63, 3.8) is 0 Å². The summed E-state index contributed by atoms with van der Waals surface area (Å²) in [6.45, 7) is -0.383. The van der Waals surface area contributed by atoms with Crippen molar-refractivity contribution >= 4 is 0 Å². The second-order valence-electron chi connectivity index (χ2n) is 4.16. The lowest BCUT2D eigenvalue weighted by Crippen LogP contribution is -2.08. The van der Waals surface area contributed by atoms with E-state index in [2.05, 4.69) is 0 Å². The van der Waals surface area contributed by atoms with Crippen LogP contribution in [-0.2, 0) is 12.8 Å². The zero-order valence-electron chi connectivity index (χ0n) is 10.4. The van der Waals surface area contributed by atoms with Gasteiger partial charge in [0.2, 0.25) is 0 Å². The second-order valence-corrected chi connectivity index (χ2v) is 4.16. The largest absolute Gasteiger partial charge is 0.454 e. The number of halogens is 5. The van der Waals surface area contributed by atoms with Crippen LogP contribution in [0.1, 0.15) is 11.1 Å². The van der Waals surface area contributed by atoms with Crippen LogP contribution < -0.4 is 4.74 Å². The zero-order chi connectivity index (χ0) is 15.6. The highest BCUT2D eigenvalue weighted by Gasteiger charge is 2.34. The Morgan fingerprint density at radius 2 is 1.67 bits per heavy atom. The number of benzene rings is 2. The molecule has 2 rings (SSSR count). The van der Waals surface area contributed by atoms with Gasteiger partial charge in [-0.05, 0) is 35.9 Å². The van der Waals surface area contributed by atoms with Gasteiger partial charge in [0, 0.05) is 0 Å². The van der Waals surface area contributed by atoms with Crippen molar-refractivity contribution in [1.29, 1.82) is 0 Å². The van der Waals surface area contributed by atoms with Crippen LogP contribution in [0.2, 0.25) is 0 Å². The summed E-state index contributed by atoms with van der Waals surface area (Å²) in [7, 11) is 0. The Labute approximate surface area is 116 Å². The van der Waals surface area contributed by atoms with Gasteiger partial charge >= 0.3 is 6.18 Å². The fourth-order valence-corrected chi connectivity index (χ4v) is 1.64. The lowest BCUT2D eigenvalue weighted by molar-refractivity contribution is -0.140. The van der Waals surface area contributed by atoms with Gasteiger partial charge in [-0.15, -0.1) is 0 Å². The summed E-state index contributed by atoms with van der Waals surface area (Å²) in [5.41, 5.74) is -1.21. The molecule has 2 aromatic rings. The molecule has 0 unspecified atom stereocenters. The molecule has 2 aromatic carbocycles. The van der Waals surface area contributed by atoms with Crippen LogP contribution in [0, 0.1) is 11.6 Å². The summed E-state index contributed by atoms with van der Waals surface area (Å²) in [4.78, 5) is 0. The maximum Gasteiger partial charge on any atom is 0.419 e. The van der Waals surface area contributed by atoms with E-state index in [4.69, 9.17) is 9.84 Å². The molecule has 0 aliphatic rings. The average molecular weight is 304 g/mol. The lowest BCUT2D eigenvalue weighted by atomic mass is 10.2. The standard InChI is InChI=1S/C14H9F5O2/c15-11-3-2-9(6-10(11)14(17,18)19)21-13-4-1-8(7-20)5-12(13)16/h1-6,20H,7H2. The maximum absolute atomic E-state index is 13.6. The first-order valence-corrected chi connectivity index (χ1v) is 5.75. The van der Waals surface area contributed by atoms with E-state index < -0.39 is 23.4 Å². The van der Waals surface area contributed by atoms with E-state index in [1.54, 1.807) is 0 Å². The van der Waals surface area contributed by atoms with Gasteiger partial charge in [0.1, 0.15) is 11.6 Å². The topological polar surface area (TPSA) is 29.5 Å².